The second-order valence-corrected chi connectivity index (χ2v) is 4.70. The molecule has 1 aliphatic carbocycles. The van der Waals surface area contributed by atoms with Crippen molar-refractivity contribution in [2.24, 2.45) is 5.92 Å². The zero-order valence-corrected chi connectivity index (χ0v) is 9.41. The van der Waals surface area contributed by atoms with Crippen molar-refractivity contribution in [1.82, 2.24) is 5.32 Å². The lowest BCUT2D eigenvalue weighted by Gasteiger charge is -2.18. The van der Waals surface area contributed by atoms with Crippen molar-refractivity contribution in [1.29, 1.82) is 0 Å². The van der Waals surface area contributed by atoms with Crippen molar-refractivity contribution in [2.45, 2.75) is 12.8 Å². The average molecular weight is 215 g/mol. The largest absolute Gasteiger partial charge is 0.489 e. The summed E-state index contributed by atoms with van der Waals surface area (Å²) in [6.45, 7) is 2.86. The van der Waals surface area contributed by atoms with E-state index in [1.165, 1.54) is 30.5 Å². The lowest BCUT2D eigenvalue weighted by Crippen LogP contribution is -2.23. The molecule has 0 radical (unpaired) electrons. The van der Waals surface area contributed by atoms with Gasteiger partial charge in [0.05, 0.1) is 0 Å². The Balaban J connectivity index is 1.61. The van der Waals surface area contributed by atoms with Crippen LogP contribution < -0.4 is 10.1 Å². The lowest BCUT2D eigenvalue weighted by molar-refractivity contribution is 0.343. The summed E-state index contributed by atoms with van der Waals surface area (Å²) in [6, 6.07) is 8.21. The van der Waals surface area contributed by atoms with E-state index < -0.39 is 0 Å². The van der Waals surface area contributed by atoms with Gasteiger partial charge in [0, 0.05) is 12.1 Å². The van der Waals surface area contributed by atoms with Crippen LogP contribution in [0.4, 0.5) is 0 Å². The van der Waals surface area contributed by atoms with E-state index in [9.17, 15) is 0 Å². The van der Waals surface area contributed by atoms with Gasteiger partial charge in [0.25, 0.3) is 0 Å². The molecule has 3 rings (SSSR count). The van der Waals surface area contributed by atoms with Crippen molar-refractivity contribution in [3.05, 3.63) is 35.4 Å². The highest BCUT2D eigenvalue weighted by atomic mass is 16.5. The molecule has 16 heavy (non-hydrogen) atoms. The van der Waals surface area contributed by atoms with Gasteiger partial charge in [-0.05, 0) is 43.0 Å². The molecule has 0 saturated heterocycles. The molecule has 1 saturated carbocycles. The molecular weight excluding hydrogens is 198 g/mol. The van der Waals surface area contributed by atoms with Crippen LogP contribution in [-0.4, -0.2) is 19.7 Å². The Bertz CT molecular complexity index is 407. The molecule has 0 spiro atoms. The van der Waals surface area contributed by atoms with Gasteiger partial charge in [-0.15, -0.1) is 0 Å². The van der Waals surface area contributed by atoms with Crippen LogP contribution in [-0.2, 0) is 0 Å². The number of para-hydroxylation sites is 1. The molecule has 2 heteroatoms. The summed E-state index contributed by atoms with van der Waals surface area (Å²) in [6.07, 6.45) is 5.06. The monoisotopic (exact) mass is 215 g/mol. The Hall–Kier alpha value is -1.28. The van der Waals surface area contributed by atoms with E-state index in [0.717, 1.165) is 24.8 Å². The molecule has 2 nitrogen and oxygen atoms in total. The van der Waals surface area contributed by atoms with Crippen molar-refractivity contribution < 1.29 is 4.74 Å². The van der Waals surface area contributed by atoms with E-state index in [1.807, 2.05) is 12.1 Å². The third-order valence-corrected chi connectivity index (χ3v) is 3.17. The van der Waals surface area contributed by atoms with Crippen LogP contribution >= 0.6 is 0 Å². The van der Waals surface area contributed by atoms with Crippen LogP contribution in [0, 0.1) is 5.92 Å². The van der Waals surface area contributed by atoms with E-state index in [1.54, 1.807) is 0 Å². The predicted molar refractivity (Wildman–Crippen MR) is 65.5 cm³/mol. The maximum atomic E-state index is 5.70. The topological polar surface area (TPSA) is 21.3 Å². The number of rotatable bonds is 4. The minimum absolute atomic E-state index is 0.731. The quantitative estimate of drug-likeness (QED) is 0.833. The fourth-order valence-corrected chi connectivity index (χ4v) is 2.02. The van der Waals surface area contributed by atoms with Gasteiger partial charge < -0.3 is 10.1 Å². The number of hydrogen-bond donors (Lipinski definition) is 1. The third-order valence-electron chi connectivity index (χ3n) is 3.17. The first-order valence-corrected chi connectivity index (χ1v) is 6.04. The van der Waals surface area contributed by atoms with Gasteiger partial charge in [0.2, 0.25) is 0 Å². The number of ether oxygens (including phenoxy) is 1. The second kappa shape index (κ2) is 4.30. The SMILES string of the molecule is C1=C(CNCC2CC2)COc2ccccc21. The van der Waals surface area contributed by atoms with E-state index in [4.69, 9.17) is 4.74 Å². The molecule has 0 bridgehead atoms. The minimum Gasteiger partial charge on any atom is -0.489 e. The van der Waals surface area contributed by atoms with Crippen LogP contribution in [0.1, 0.15) is 18.4 Å². The molecule has 1 N–H and O–H groups in total. The molecule has 0 amide bonds. The number of hydrogen-bond acceptors (Lipinski definition) is 2. The Labute approximate surface area is 96.3 Å². The summed E-state index contributed by atoms with van der Waals surface area (Å²) in [4.78, 5) is 0. The highest BCUT2D eigenvalue weighted by molar-refractivity contribution is 5.62. The minimum atomic E-state index is 0.731. The maximum Gasteiger partial charge on any atom is 0.127 e. The van der Waals surface area contributed by atoms with E-state index in [-0.39, 0.29) is 0 Å². The lowest BCUT2D eigenvalue weighted by atomic mass is 10.1. The fourth-order valence-electron chi connectivity index (χ4n) is 2.02. The zero-order valence-electron chi connectivity index (χ0n) is 9.41. The molecule has 2 aliphatic rings. The molecule has 1 aromatic rings. The van der Waals surface area contributed by atoms with Crippen molar-refractivity contribution in [3.63, 3.8) is 0 Å². The molecule has 1 aromatic carbocycles. The summed E-state index contributed by atoms with van der Waals surface area (Å²) >= 11 is 0. The first-order chi connectivity index (χ1) is 7.92. The molecule has 0 unspecified atom stereocenters. The Morgan fingerprint density at radius 3 is 3.00 bits per heavy atom. The Kier molecular flexibility index (Phi) is 2.66. The number of nitrogens with one attached hydrogen (secondary N) is 1. The van der Waals surface area contributed by atoms with Gasteiger partial charge in [-0.25, -0.2) is 0 Å². The van der Waals surface area contributed by atoms with Gasteiger partial charge in [-0.2, -0.15) is 0 Å². The first-order valence-electron chi connectivity index (χ1n) is 6.04. The van der Waals surface area contributed by atoms with Crippen LogP contribution in [0.15, 0.2) is 29.8 Å². The van der Waals surface area contributed by atoms with Crippen LogP contribution in [0.2, 0.25) is 0 Å². The standard InChI is InChI=1S/C14H17NO/c1-2-4-14-13(3-1)7-12(10-16-14)9-15-8-11-5-6-11/h1-4,7,11,15H,5-6,8-10H2. The normalized spacial score (nSPS) is 18.6. The zero-order chi connectivity index (χ0) is 10.8. The molecule has 0 atom stereocenters. The highest BCUT2D eigenvalue weighted by Crippen LogP contribution is 2.28. The van der Waals surface area contributed by atoms with E-state index in [0.29, 0.717) is 0 Å². The highest BCUT2D eigenvalue weighted by Gasteiger charge is 2.20. The van der Waals surface area contributed by atoms with Gasteiger partial charge in [0.15, 0.2) is 0 Å². The van der Waals surface area contributed by atoms with Crippen molar-refractivity contribution in [3.8, 4) is 5.75 Å². The average Bonchev–Trinajstić information content (AvgIpc) is 3.13. The number of benzene rings is 1. The summed E-state index contributed by atoms with van der Waals surface area (Å²) in [5.41, 5.74) is 2.55. The first kappa shape index (κ1) is 9.91. The molecule has 0 aromatic heterocycles. The maximum absolute atomic E-state index is 5.70. The molecule has 1 heterocycles. The van der Waals surface area contributed by atoms with Crippen LogP contribution in [0.5, 0.6) is 5.75 Å². The van der Waals surface area contributed by atoms with Crippen LogP contribution in [0.25, 0.3) is 6.08 Å². The molecule has 84 valence electrons. The summed E-state index contributed by atoms with van der Waals surface area (Å²) in [5.74, 6) is 1.95. The van der Waals surface area contributed by atoms with Crippen LogP contribution in [0.3, 0.4) is 0 Å². The third kappa shape index (κ3) is 2.27. The predicted octanol–water partition coefficient (Wildman–Crippen LogP) is 2.46. The Morgan fingerprint density at radius 2 is 2.12 bits per heavy atom. The summed E-state index contributed by atoms with van der Waals surface area (Å²) < 4.78 is 5.70. The van der Waals surface area contributed by atoms with Gasteiger partial charge in [0.1, 0.15) is 12.4 Å². The molecular formula is C14H17NO. The Morgan fingerprint density at radius 1 is 1.25 bits per heavy atom. The fraction of sp³-hybridized carbons (Fsp3) is 0.429. The van der Waals surface area contributed by atoms with Crippen molar-refractivity contribution in [2.75, 3.05) is 19.7 Å². The van der Waals surface area contributed by atoms with E-state index >= 15 is 0 Å². The van der Waals surface area contributed by atoms with Gasteiger partial charge in [-0.1, -0.05) is 18.2 Å². The van der Waals surface area contributed by atoms with Gasteiger partial charge >= 0.3 is 0 Å². The summed E-state index contributed by atoms with van der Waals surface area (Å²) in [5, 5.41) is 3.50. The van der Waals surface area contributed by atoms with Crippen molar-refractivity contribution >= 4 is 6.08 Å². The molecule has 1 aliphatic heterocycles. The summed E-state index contributed by atoms with van der Waals surface area (Å²) in [7, 11) is 0. The van der Waals surface area contributed by atoms with Gasteiger partial charge in [-0.3, -0.25) is 0 Å². The second-order valence-electron chi connectivity index (χ2n) is 4.70. The van der Waals surface area contributed by atoms with E-state index in [2.05, 4.69) is 23.5 Å². The number of fused-ring (bicyclic) bond motifs is 1. The smallest absolute Gasteiger partial charge is 0.127 e. The molecule has 1 fully saturated rings.